The first-order valence-corrected chi connectivity index (χ1v) is 6.70. The van der Waals surface area contributed by atoms with Crippen molar-refractivity contribution in [2.75, 3.05) is 13.7 Å². The zero-order valence-electron chi connectivity index (χ0n) is 11.5. The first-order chi connectivity index (χ1) is 9.10. The molecule has 1 N–H and O–H groups in total. The summed E-state index contributed by atoms with van der Waals surface area (Å²) in [6.45, 7) is 5.25. The number of hydrogen-bond donors (Lipinski definition) is 1. The molecule has 0 spiro atoms. The summed E-state index contributed by atoms with van der Waals surface area (Å²) in [4.78, 5) is 11.4. The quantitative estimate of drug-likeness (QED) is 0.618. The van der Waals surface area contributed by atoms with Crippen LogP contribution < -0.4 is 10.1 Å². The van der Waals surface area contributed by atoms with Crippen LogP contribution in [0.1, 0.15) is 25.8 Å². The van der Waals surface area contributed by atoms with Crippen LogP contribution in [-0.4, -0.2) is 25.7 Å². The second-order valence-corrected chi connectivity index (χ2v) is 4.58. The molecule has 0 aliphatic rings. The minimum atomic E-state index is -0.659. The third-order valence-corrected chi connectivity index (χ3v) is 3.00. The fraction of sp³-hybridized carbons (Fsp3) is 0.500. The summed E-state index contributed by atoms with van der Waals surface area (Å²) < 4.78 is 10.3. The second kappa shape index (κ2) is 8.02. The molecular weight excluding hydrogens is 266 g/mol. The molecule has 1 rings (SSSR count). The Bertz CT molecular complexity index is 423. The Morgan fingerprint density at radius 1 is 1.47 bits per heavy atom. The number of carbonyl (C=O) groups excluding carboxylic acids is 1. The van der Waals surface area contributed by atoms with Gasteiger partial charge in [0.1, 0.15) is 5.75 Å². The van der Waals surface area contributed by atoms with E-state index in [1.807, 2.05) is 0 Å². The Kier molecular flexibility index (Phi) is 6.67. The lowest BCUT2D eigenvalue weighted by molar-refractivity contribution is -0.147. The van der Waals surface area contributed by atoms with Crippen LogP contribution >= 0.6 is 11.6 Å². The minimum Gasteiger partial charge on any atom is -0.479 e. The average Bonchev–Trinajstić information content (AvgIpc) is 2.41. The third kappa shape index (κ3) is 4.73. The summed E-state index contributed by atoms with van der Waals surface area (Å²) in [5.74, 6) is 0.196. The van der Waals surface area contributed by atoms with Crippen LogP contribution in [0.25, 0.3) is 0 Å². The summed E-state index contributed by atoms with van der Waals surface area (Å²) >= 11 is 6.17. The van der Waals surface area contributed by atoms with Gasteiger partial charge in [-0.05, 0) is 32.0 Å². The Morgan fingerprint density at radius 3 is 2.84 bits per heavy atom. The van der Waals surface area contributed by atoms with Gasteiger partial charge in [0.15, 0.2) is 6.10 Å². The van der Waals surface area contributed by atoms with Gasteiger partial charge in [-0.25, -0.2) is 4.79 Å². The van der Waals surface area contributed by atoms with Crippen LogP contribution in [0.2, 0.25) is 5.02 Å². The molecule has 0 radical (unpaired) electrons. The van der Waals surface area contributed by atoms with E-state index in [2.05, 4.69) is 17.0 Å². The molecule has 0 saturated heterocycles. The summed E-state index contributed by atoms with van der Waals surface area (Å²) in [6, 6.07) is 5.40. The van der Waals surface area contributed by atoms with Crippen molar-refractivity contribution in [2.45, 2.75) is 32.9 Å². The smallest absolute Gasteiger partial charge is 0.346 e. The largest absolute Gasteiger partial charge is 0.479 e. The molecule has 1 aromatic carbocycles. The van der Waals surface area contributed by atoms with Crippen molar-refractivity contribution in [3.8, 4) is 5.75 Å². The maximum atomic E-state index is 11.4. The van der Waals surface area contributed by atoms with E-state index in [0.717, 1.165) is 18.5 Å². The van der Waals surface area contributed by atoms with Crippen LogP contribution in [0.4, 0.5) is 0 Å². The van der Waals surface area contributed by atoms with Crippen molar-refractivity contribution in [3.05, 3.63) is 28.8 Å². The maximum absolute atomic E-state index is 11.4. The maximum Gasteiger partial charge on any atom is 0.346 e. The lowest BCUT2D eigenvalue weighted by atomic mass is 10.2. The van der Waals surface area contributed by atoms with Crippen LogP contribution in [0.3, 0.4) is 0 Å². The zero-order valence-corrected chi connectivity index (χ0v) is 12.3. The molecule has 0 amide bonds. The Morgan fingerprint density at radius 2 is 2.21 bits per heavy atom. The Hall–Kier alpha value is -1.26. The molecule has 0 heterocycles. The number of esters is 1. The summed E-state index contributed by atoms with van der Waals surface area (Å²) in [6.07, 6.45) is 0.382. The number of carbonyl (C=O) groups is 1. The minimum absolute atomic E-state index is 0.410. The predicted octanol–water partition coefficient (Wildman–Crippen LogP) is 2.78. The van der Waals surface area contributed by atoms with Gasteiger partial charge in [0, 0.05) is 17.1 Å². The molecule has 0 bridgehead atoms. The molecule has 19 heavy (non-hydrogen) atoms. The number of benzene rings is 1. The highest BCUT2D eigenvalue weighted by Gasteiger charge is 2.17. The fourth-order valence-corrected chi connectivity index (χ4v) is 1.85. The van der Waals surface area contributed by atoms with E-state index in [1.54, 1.807) is 25.1 Å². The van der Waals surface area contributed by atoms with Crippen LogP contribution in [0.15, 0.2) is 18.2 Å². The molecule has 1 unspecified atom stereocenters. The van der Waals surface area contributed by atoms with E-state index < -0.39 is 12.1 Å². The molecule has 1 aromatic rings. The summed E-state index contributed by atoms with van der Waals surface area (Å²) in [5.41, 5.74) is 0.855. The summed E-state index contributed by atoms with van der Waals surface area (Å²) in [5, 5.41) is 3.89. The van der Waals surface area contributed by atoms with Crippen LogP contribution in [0, 0.1) is 0 Å². The van der Waals surface area contributed by atoms with Crippen molar-refractivity contribution in [1.29, 1.82) is 0 Å². The number of nitrogens with one attached hydrogen (secondary N) is 1. The first-order valence-electron chi connectivity index (χ1n) is 6.32. The monoisotopic (exact) mass is 285 g/mol. The highest BCUT2D eigenvalue weighted by atomic mass is 35.5. The molecule has 0 aliphatic heterocycles. The molecule has 0 aliphatic carbocycles. The van der Waals surface area contributed by atoms with E-state index in [4.69, 9.17) is 16.3 Å². The van der Waals surface area contributed by atoms with Gasteiger partial charge in [-0.1, -0.05) is 24.6 Å². The second-order valence-electron chi connectivity index (χ2n) is 4.18. The Balaban J connectivity index is 2.81. The molecule has 0 fully saturated rings. The number of methoxy groups -OCH3 is 1. The van der Waals surface area contributed by atoms with Crippen molar-refractivity contribution in [3.63, 3.8) is 0 Å². The SMILES string of the molecule is CCCNCc1c(Cl)cccc1OC(C)C(=O)OC. The highest BCUT2D eigenvalue weighted by molar-refractivity contribution is 6.31. The van der Waals surface area contributed by atoms with Crippen LogP contribution in [0.5, 0.6) is 5.75 Å². The van der Waals surface area contributed by atoms with Crippen molar-refractivity contribution >= 4 is 17.6 Å². The molecular formula is C14H20ClNO3. The third-order valence-electron chi connectivity index (χ3n) is 2.64. The normalized spacial score (nSPS) is 12.0. The van der Waals surface area contributed by atoms with Crippen molar-refractivity contribution in [2.24, 2.45) is 0 Å². The predicted molar refractivity (Wildman–Crippen MR) is 75.6 cm³/mol. The molecule has 0 aromatic heterocycles. The molecule has 4 nitrogen and oxygen atoms in total. The van der Waals surface area contributed by atoms with Crippen molar-refractivity contribution in [1.82, 2.24) is 5.32 Å². The van der Waals surface area contributed by atoms with Gasteiger partial charge in [0.2, 0.25) is 0 Å². The van der Waals surface area contributed by atoms with Crippen molar-refractivity contribution < 1.29 is 14.3 Å². The number of rotatable bonds is 7. The van der Waals surface area contributed by atoms with Gasteiger partial charge in [-0.3, -0.25) is 0 Å². The number of halogens is 1. The van der Waals surface area contributed by atoms with Gasteiger partial charge < -0.3 is 14.8 Å². The summed E-state index contributed by atoms with van der Waals surface area (Å²) in [7, 11) is 1.34. The van der Waals surface area contributed by atoms with Gasteiger partial charge in [-0.15, -0.1) is 0 Å². The molecule has 1 atom stereocenters. The number of hydrogen-bond acceptors (Lipinski definition) is 4. The molecule has 5 heteroatoms. The van der Waals surface area contributed by atoms with Gasteiger partial charge in [0.05, 0.1) is 7.11 Å². The van der Waals surface area contributed by atoms with E-state index in [0.29, 0.717) is 17.3 Å². The van der Waals surface area contributed by atoms with Crippen LogP contribution in [-0.2, 0) is 16.1 Å². The lowest BCUT2D eigenvalue weighted by Gasteiger charge is -2.17. The first kappa shape index (κ1) is 15.8. The number of ether oxygens (including phenoxy) is 2. The fourth-order valence-electron chi connectivity index (χ4n) is 1.62. The van der Waals surface area contributed by atoms with Gasteiger partial charge in [-0.2, -0.15) is 0 Å². The van der Waals surface area contributed by atoms with E-state index in [-0.39, 0.29) is 0 Å². The highest BCUT2D eigenvalue weighted by Crippen LogP contribution is 2.27. The molecule has 106 valence electrons. The lowest BCUT2D eigenvalue weighted by Crippen LogP contribution is -2.26. The standard InChI is InChI=1S/C14H20ClNO3/c1-4-8-16-9-11-12(15)6-5-7-13(11)19-10(2)14(17)18-3/h5-7,10,16H,4,8-9H2,1-3H3. The topological polar surface area (TPSA) is 47.6 Å². The van der Waals surface area contributed by atoms with E-state index in [9.17, 15) is 4.79 Å². The van der Waals surface area contributed by atoms with E-state index in [1.165, 1.54) is 7.11 Å². The Labute approximate surface area is 119 Å². The van der Waals surface area contributed by atoms with Gasteiger partial charge in [0.25, 0.3) is 0 Å². The van der Waals surface area contributed by atoms with Gasteiger partial charge >= 0.3 is 5.97 Å². The molecule has 0 saturated carbocycles. The average molecular weight is 286 g/mol. The van der Waals surface area contributed by atoms with E-state index >= 15 is 0 Å². The zero-order chi connectivity index (χ0) is 14.3.